The fourth-order valence-electron chi connectivity index (χ4n) is 1.16. The normalized spacial score (nSPS) is 11.2. The Morgan fingerprint density at radius 1 is 1.40 bits per heavy atom. The predicted molar refractivity (Wildman–Crippen MR) is 60.4 cm³/mol. The number of halogens is 1. The summed E-state index contributed by atoms with van der Waals surface area (Å²) >= 11 is 5.87. The van der Waals surface area contributed by atoms with E-state index in [4.69, 9.17) is 22.1 Å². The number of ether oxygens (including phenoxy) is 1. The second-order valence-corrected chi connectivity index (χ2v) is 4.60. The first-order valence-electron chi connectivity index (χ1n) is 4.58. The number of hydrogen-bond acceptors (Lipinski definition) is 2. The Morgan fingerprint density at radius 3 is 2.47 bits per heavy atom. The lowest BCUT2D eigenvalue weighted by atomic mass is 10.1. The van der Waals surface area contributed by atoms with Crippen molar-refractivity contribution in [3.63, 3.8) is 0 Å². The lowest BCUT2D eigenvalue weighted by molar-refractivity contribution is 0.0978. The third-order valence-corrected chi connectivity index (χ3v) is 1.95. The molecule has 0 aliphatic rings. The summed E-state index contributed by atoms with van der Waals surface area (Å²) < 4.78 is 5.59. The molecule has 0 fully saturated rings. The van der Waals surface area contributed by atoms with E-state index in [-0.39, 0.29) is 5.56 Å². The van der Waals surface area contributed by atoms with Gasteiger partial charge in [0.25, 0.3) is 5.91 Å². The van der Waals surface area contributed by atoms with Gasteiger partial charge in [0.1, 0.15) is 11.4 Å². The average Bonchev–Trinajstić information content (AvgIpc) is 1.99. The number of carbonyl (C=O) groups is 1. The largest absolute Gasteiger partial charge is 0.487 e. The second-order valence-electron chi connectivity index (χ2n) is 4.19. The van der Waals surface area contributed by atoms with Gasteiger partial charge >= 0.3 is 0 Å². The summed E-state index contributed by atoms with van der Waals surface area (Å²) in [6.45, 7) is 5.66. The van der Waals surface area contributed by atoms with Gasteiger partial charge in [-0.1, -0.05) is 17.7 Å². The van der Waals surface area contributed by atoms with Crippen molar-refractivity contribution in [3.8, 4) is 5.75 Å². The predicted octanol–water partition coefficient (Wildman–Crippen LogP) is 2.62. The van der Waals surface area contributed by atoms with Crippen LogP contribution in [0.15, 0.2) is 18.2 Å². The highest BCUT2D eigenvalue weighted by atomic mass is 35.5. The van der Waals surface area contributed by atoms with Crippen LogP contribution in [0.1, 0.15) is 31.1 Å². The van der Waals surface area contributed by atoms with Crippen molar-refractivity contribution in [2.75, 3.05) is 0 Å². The van der Waals surface area contributed by atoms with E-state index in [9.17, 15) is 4.79 Å². The fourth-order valence-corrected chi connectivity index (χ4v) is 1.42. The summed E-state index contributed by atoms with van der Waals surface area (Å²) in [5.74, 6) is -0.164. The van der Waals surface area contributed by atoms with Crippen molar-refractivity contribution >= 4 is 17.5 Å². The van der Waals surface area contributed by atoms with E-state index in [0.29, 0.717) is 10.8 Å². The number of hydrogen-bond donors (Lipinski definition) is 1. The summed E-state index contributed by atoms with van der Waals surface area (Å²) in [5, 5.41) is 0.309. The molecule has 0 aromatic heterocycles. The molecule has 0 heterocycles. The molecule has 0 unspecified atom stereocenters. The molecule has 1 aromatic rings. The van der Waals surface area contributed by atoms with Gasteiger partial charge in [-0.25, -0.2) is 0 Å². The van der Waals surface area contributed by atoms with Gasteiger partial charge < -0.3 is 10.5 Å². The summed E-state index contributed by atoms with van der Waals surface area (Å²) in [6.07, 6.45) is 0. The van der Waals surface area contributed by atoms with Crippen LogP contribution < -0.4 is 10.5 Å². The lowest BCUT2D eigenvalue weighted by Crippen LogP contribution is -2.25. The molecule has 0 bridgehead atoms. The Hall–Kier alpha value is -1.22. The minimum atomic E-state index is -0.583. The van der Waals surface area contributed by atoms with Crippen molar-refractivity contribution < 1.29 is 9.53 Å². The van der Waals surface area contributed by atoms with Crippen LogP contribution in [-0.2, 0) is 0 Å². The Bertz CT molecular complexity index is 383. The van der Waals surface area contributed by atoms with Gasteiger partial charge in [0.2, 0.25) is 0 Å². The maximum Gasteiger partial charge on any atom is 0.253 e. The highest BCUT2D eigenvalue weighted by Crippen LogP contribution is 2.28. The van der Waals surface area contributed by atoms with Crippen molar-refractivity contribution in [2.24, 2.45) is 5.73 Å². The molecule has 1 rings (SSSR count). The molecule has 0 radical (unpaired) electrons. The highest BCUT2D eigenvalue weighted by Gasteiger charge is 2.19. The van der Waals surface area contributed by atoms with Crippen LogP contribution in [0.2, 0.25) is 5.02 Å². The molecule has 0 aliphatic heterocycles. The van der Waals surface area contributed by atoms with Crippen LogP contribution in [0.25, 0.3) is 0 Å². The van der Waals surface area contributed by atoms with E-state index < -0.39 is 11.5 Å². The molecule has 82 valence electrons. The van der Waals surface area contributed by atoms with Crippen LogP contribution in [0, 0.1) is 0 Å². The molecule has 3 nitrogen and oxygen atoms in total. The molecule has 15 heavy (non-hydrogen) atoms. The van der Waals surface area contributed by atoms with Crippen molar-refractivity contribution in [1.82, 2.24) is 0 Å². The van der Waals surface area contributed by atoms with E-state index in [2.05, 4.69) is 0 Å². The molecule has 0 atom stereocenters. The topological polar surface area (TPSA) is 52.3 Å². The third-order valence-electron chi connectivity index (χ3n) is 1.64. The van der Waals surface area contributed by atoms with Crippen LogP contribution in [-0.4, -0.2) is 11.5 Å². The van der Waals surface area contributed by atoms with Crippen LogP contribution >= 0.6 is 11.6 Å². The first-order chi connectivity index (χ1) is 6.81. The van der Waals surface area contributed by atoms with Crippen LogP contribution in [0.4, 0.5) is 0 Å². The zero-order valence-corrected chi connectivity index (χ0v) is 9.76. The quantitative estimate of drug-likeness (QED) is 0.845. The number of carbonyl (C=O) groups excluding carboxylic acids is 1. The maximum atomic E-state index is 11.2. The van der Waals surface area contributed by atoms with Crippen molar-refractivity contribution in [3.05, 3.63) is 28.8 Å². The smallest absolute Gasteiger partial charge is 0.253 e. The van der Waals surface area contributed by atoms with Crippen molar-refractivity contribution in [1.29, 1.82) is 0 Å². The summed E-state index contributed by atoms with van der Waals surface area (Å²) in [5.41, 5.74) is 5.07. The zero-order valence-electron chi connectivity index (χ0n) is 9.00. The molecule has 1 amide bonds. The van der Waals surface area contributed by atoms with Gasteiger partial charge in [-0.15, -0.1) is 0 Å². The van der Waals surface area contributed by atoms with Gasteiger partial charge in [0.15, 0.2) is 0 Å². The van der Waals surface area contributed by atoms with Gasteiger partial charge in [0, 0.05) is 0 Å². The third kappa shape index (κ3) is 3.13. The monoisotopic (exact) mass is 227 g/mol. The molecule has 0 saturated heterocycles. The Morgan fingerprint density at radius 2 is 2.00 bits per heavy atom. The molecule has 0 saturated carbocycles. The standard InChI is InChI=1S/C11H14ClNO2/c1-11(2,3)15-8-6-4-5-7(12)9(8)10(13)14/h4-6H,1-3H3,(H2,13,14). The SMILES string of the molecule is CC(C)(C)Oc1cccc(Cl)c1C(N)=O. The average molecular weight is 228 g/mol. The second kappa shape index (κ2) is 4.11. The van der Waals surface area contributed by atoms with Gasteiger partial charge in [-0.05, 0) is 32.9 Å². The van der Waals surface area contributed by atoms with Gasteiger partial charge in [0.05, 0.1) is 10.6 Å². The van der Waals surface area contributed by atoms with Crippen LogP contribution in [0.3, 0.4) is 0 Å². The van der Waals surface area contributed by atoms with Crippen molar-refractivity contribution in [2.45, 2.75) is 26.4 Å². The first-order valence-corrected chi connectivity index (χ1v) is 4.96. The van der Waals surface area contributed by atoms with Crippen LogP contribution in [0.5, 0.6) is 5.75 Å². The van der Waals surface area contributed by atoms with E-state index in [0.717, 1.165) is 0 Å². The van der Waals surface area contributed by atoms with E-state index in [1.807, 2.05) is 20.8 Å². The molecule has 1 aromatic carbocycles. The molecular formula is C11H14ClNO2. The van der Waals surface area contributed by atoms with E-state index in [1.54, 1.807) is 18.2 Å². The number of benzene rings is 1. The zero-order chi connectivity index (χ0) is 11.6. The number of rotatable bonds is 2. The number of amides is 1. The fraction of sp³-hybridized carbons (Fsp3) is 0.364. The molecule has 2 N–H and O–H groups in total. The Balaban J connectivity index is 3.18. The molecule has 0 aliphatic carbocycles. The molecule has 4 heteroatoms. The van der Waals surface area contributed by atoms with E-state index in [1.165, 1.54) is 0 Å². The summed E-state index contributed by atoms with van der Waals surface area (Å²) in [6, 6.07) is 5.00. The van der Waals surface area contributed by atoms with Gasteiger partial charge in [-0.3, -0.25) is 4.79 Å². The highest BCUT2D eigenvalue weighted by molar-refractivity contribution is 6.34. The minimum Gasteiger partial charge on any atom is -0.487 e. The minimum absolute atomic E-state index is 0.231. The molecule has 0 spiro atoms. The Labute approximate surface area is 94.2 Å². The first kappa shape index (κ1) is 11.9. The number of nitrogens with two attached hydrogens (primary N) is 1. The van der Waals surface area contributed by atoms with E-state index >= 15 is 0 Å². The lowest BCUT2D eigenvalue weighted by Gasteiger charge is -2.22. The Kier molecular flexibility index (Phi) is 3.25. The molecular weight excluding hydrogens is 214 g/mol. The number of primary amides is 1. The maximum absolute atomic E-state index is 11.2. The summed E-state index contributed by atoms with van der Waals surface area (Å²) in [7, 11) is 0. The van der Waals surface area contributed by atoms with Gasteiger partial charge in [-0.2, -0.15) is 0 Å². The summed E-state index contributed by atoms with van der Waals surface area (Å²) in [4.78, 5) is 11.2.